The van der Waals surface area contributed by atoms with Crippen molar-refractivity contribution in [1.82, 2.24) is 19.7 Å². The molecule has 16 heavy (non-hydrogen) atoms. The maximum absolute atomic E-state index is 5.89. The summed E-state index contributed by atoms with van der Waals surface area (Å²) in [6.07, 6.45) is 1.79. The van der Waals surface area contributed by atoms with Gasteiger partial charge in [0.2, 0.25) is 0 Å². The Balaban J connectivity index is 2.30. The number of aryl methyl sites for hydroxylation is 2. The van der Waals surface area contributed by atoms with E-state index in [0.29, 0.717) is 5.69 Å². The molecule has 0 saturated heterocycles. The number of hydrogen-bond donors (Lipinski definition) is 1. The monoisotopic (exact) mass is 235 g/mol. The van der Waals surface area contributed by atoms with Gasteiger partial charge in [0.05, 0.1) is 5.69 Å². The predicted octanol–water partition coefficient (Wildman–Crippen LogP) is 1.56. The molecule has 0 bridgehead atoms. The summed E-state index contributed by atoms with van der Waals surface area (Å²) in [6, 6.07) is 1.90. The zero-order valence-corrected chi connectivity index (χ0v) is 10.2. The number of rotatable bonds is 2. The van der Waals surface area contributed by atoms with Gasteiger partial charge in [-0.1, -0.05) is 0 Å². The standard InChI is InChI=1S/C10H13N5S/c1-6-4-8(11)9(12-5-6)16-10-14-13-7(2)15(10)3/h4-5H,11H2,1-3H3. The lowest BCUT2D eigenvalue weighted by atomic mass is 10.3. The second-order valence-corrected chi connectivity index (χ2v) is 4.55. The van der Waals surface area contributed by atoms with Crippen LogP contribution in [-0.2, 0) is 7.05 Å². The first-order chi connectivity index (χ1) is 7.58. The molecule has 0 spiro atoms. The summed E-state index contributed by atoms with van der Waals surface area (Å²) in [4.78, 5) is 4.28. The van der Waals surface area contributed by atoms with Crippen LogP contribution < -0.4 is 5.73 Å². The number of anilines is 1. The Morgan fingerprint density at radius 1 is 1.31 bits per heavy atom. The lowest BCUT2D eigenvalue weighted by Crippen LogP contribution is -1.96. The smallest absolute Gasteiger partial charge is 0.197 e. The summed E-state index contributed by atoms with van der Waals surface area (Å²) < 4.78 is 1.91. The molecule has 0 atom stereocenters. The first-order valence-electron chi connectivity index (χ1n) is 4.84. The molecular weight excluding hydrogens is 222 g/mol. The van der Waals surface area contributed by atoms with Gasteiger partial charge in [-0.3, -0.25) is 0 Å². The zero-order valence-electron chi connectivity index (χ0n) is 9.43. The van der Waals surface area contributed by atoms with Gasteiger partial charge in [0.1, 0.15) is 10.9 Å². The van der Waals surface area contributed by atoms with E-state index in [2.05, 4.69) is 15.2 Å². The molecule has 84 valence electrons. The molecule has 0 radical (unpaired) electrons. The van der Waals surface area contributed by atoms with Crippen molar-refractivity contribution in [1.29, 1.82) is 0 Å². The van der Waals surface area contributed by atoms with Gasteiger partial charge in [0, 0.05) is 13.2 Å². The zero-order chi connectivity index (χ0) is 11.7. The SMILES string of the molecule is Cc1cnc(Sc2nnc(C)n2C)c(N)c1. The van der Waals surface area contributed by atoms with Crippen molar-refractivity contribution < 1.29 is 0 Å². The van der Waals surface area contributed by atoms with E-state index in [4.69, 9.17) is 5.73 Å². The van der Waals surface area contributed by atoms with Gasteiger partial charge in [0.25, 0.3) is 0 Å². The third kappa shape index (κ3) is 2.01. The van der Waals surface area contributed by atoms with Crippen LogP contribution >= 0.6 is 11.8 Å². The maximum atomic E-state index is 5.89. The highest BCUT2D eigenvalue weighted by Crippen LogP contribution is 2.28. The fourth-order valence-electron chi connectivity index (χ4n) is 1.23. The fourth-order valence-corrected chi connectivity index (χ4v) is 2.03. The number of aromatic nitrogens is 4. The van der Waals surface area contributed by atoms with Gasteiger partial charge in [-0.05, 0) is 37.2 Å². The second-order valence-electron chi connectivity index (χ2n) is 3.60. The summed E-state index contributed by atoms with van der Waals surface area (Å²) in [5.74, 6) is 0.869. The molecule has 2 aromatic heterocycles. The third-order valence-electron chi connectivity index (χ3n) is 2.26. The number of nitrogens with zero attached hydrogens (tertiary/aromatic N) is 4. The van der Waals surface area contributed by atoms with E-state index >= 15 is 0 Å². The van der Waals surface area contributed by atoms with E-state index in [1.807, 2.05) is 31.5 Å². The number of nitrogens with two attached hydrogens (primary N) is 1. The summed E-state index contributed by atoms with van der Waals surface area (Å²) in [5.41, 5.74) is 7.61. The molecule has 2 N–H and O–H groups in total. The lowest BCUT2D eigenvalue weighted by molar-refractivity contribution is 0.764. The first kappa shape index (κ1) is 10.9. The van der Waals surface area contributed by atoms with Crippen LogP contribution in [0.4, 0.5) is 5.69 Å². The Labute approximate surface area is 98.1 Å². The minimum absolute atomic E-state index is 0.672. The van der Waals surface area contributed by atoms with E-state index in [1.165, 1.54) is 11.8 Å². The summed E-state index contributed by atoms with van der Waals surface area (Å²) in [7, 11) is 1.92. The summed E-state index contributed by atoms with van der Waals surface area (Å²) in [6.45, 7) is 3.87. The highest BCUT2D eigenvalue weighted by molar-refractivity contribution is 7.99. The van der Waals surface area contributed by atoms with Crippen molar-refractivity contribution in [3.63, 3.8) is 0 Å². The molecule has 6 heteroatoms. The molecule has 0 aliphatic carbocycles. The molecular formula is C10H13N5S. The minimum Gasteiger partial charge on any atom is -0.397 e. The van der Waals surface area contributed by atoms with E-state index in [9.17, 15) is 0 Å². The largest absolute Gasteiger partial charge is 0.397 e. The lowest BCUT2D eigenvalue weighted by Gasteiger charge is -2.04. The van der Waals surface area contributed by atoms with Crippen LogP contribution in [0.25, 0.3) is 0 Å². The highest BCUT2D eigenvalue weighted by atomic mass is 32.2. The third-order valence-corrected chi connectivity index (χ3v) is 3.33. The molecule has 0 amide bonds. The number of nitrogen functional groups attached to an aromatic ring is 1. The average molecular weight is 235 g/mol. The summed E-state index contributed by atoms with van der Waals surface area (Å²) in [5, 5.41) is 9.59. The van der Waals surface area contributed by atoms with Crippen molar-refractivity contribution in [3.05, 3.63) is 23.7 Å². The molecule has 2 rings (SSSR count). The molecule has 0 fully saturated rings. The van der Waals surface area contributed by atoms with E-state index in [-0.39, 0.29) is 0 Å². The van der Waals surface area contributed by atoms with Crippen LogP contribution in [-0.4, -0.2) is 19.7 Å². The quantitative estimate of drug-likeness (QED) is 0.855. The molecule has 0 aromatic carbocycles. The van der Waals surface area contributed by atoms with Crippen molar-refractivity contribution in [2.75, 3.05) is 5.73 Å². The molecule has 2 heterocycles. The Hall–Kier alpha value is -1.56. The van der Waals surface area contributed by atoms with Crippen molar-refractivity contribution in [2.24, 2.45) is 7.05 Å². The Bertz CT molecular complexity index is 520. The normalized spacial score (nSPS) is 10.7. The Morgan fingerprint density at radius 2 is 2.06 bits per heavy atom. The van der Waals surface area contributed by atoms with Crippen molar-refractivity contribution in [2.45, 2.75) is 24.0 Å². The molecule has 5 nitrogen and oxygen atoms in total. The van der Waals surface area contributed by atoms with Crippen molar-refractivity contribution >= 4 is 17.4 Å². The van der Waals surface area contributed by atoms with Crippen molar-refractivity contribution in [3.8, 4) is 0 Å². The van der Waals surface area contributed by atoms with E-state index in [1.54, 1.807) is 6.20 Å². The van der Waals surface area contributed by atoms with Crippen LogP contribution in [0.15, 0.2) is 22.4 Å². The number of pyridine rings is 1. The van der Waals surface area contributed by atoms with Crippen LogP contribution in [0.3, 0.4) is 0 Å². The van der Waals surface area contributed by atoms with Gasteiger partial charge >= 0.3 is 0 Å². The van der Waals surface area contributed by atoms with Gasteiger partial charge in [-0.2, -0.15) is 0 Å². The van der Waals surface area contributed by atoms with Gasteiger partial charge < -0.3 is 10.3 Å². The predicted molar refractivity (Wildman–Crippen MR) is 63.2 cm³/mol. The van der Waals surface area contributed by atoms with Crippen LogP contribution in [0.2, 0.25) is 0 Å². The second kappa shape index (κ2) is 4.13. The fraction of sp³-hybridized carbons (Fsp3) is 0.300. The molecule has 0 unspecified atom stereocenters. The van der Waals surface area contributed by atoms with Crippen LogP contribution in [0.1, 0.15) is 11.4 Å². The molecule has 0 saturated carbocycles. The Morgan fingerprint density at radius 3 is 2.62 bits per heavy atom. The van der Waals surface area contributed by atoms with Gasteiger partial charge in [0.15, 0.2) is 5.16 Å². The maximum Gasteiger partial charge on any atom is 0.197 e. The minimum atomic E-state index is 0.672. The number of hydrogen-bond acceptors (Lipinski definition) is 5. The summed E-state index contributed by atoms with van der Waals surface area (Å²) >= 11 is 1.42. The molecule has 0 aliphatic rings. The van der Waals surface area contributed by atoms with Gasteiger partial charge in [-0.25, -0.2) is 4.98 Å². The molecule has 0 aliphatic heterocycles. The first-order valence-corrected chi connectivity index (χ1v) is 5.65. The highest BCUT2D eigenvalue weighted by Gasteiger charge is 2.10. The van der Waals surface area contributed by atoms with Crippen LogP contribution in [0, 0.1) is 13.8 Å². The molecule has 2 aromatic rings. The van der Waals surface area contributed by atoms with Crippen LogP contribution in [0.5, 0.6) is 0 Å². The van der Waals surface area contributed by atoms with Gasteiger partial charge in [-0.15, -0.1) is 10.2 Å². The average Bonchev–Trinajstić information content (AvgIpc) is 2.54. The Kier molecular flexibility index (Phi) is 2.82. The van der Waals surface area contributed by atoms with E-state index < -0.39 is 0 Å². The van der Waals surface area contributed by atoms with E-state index in [0.717, 1.165) is 21.6 Å². The topological polar surface area (TPSA) is 69.6 Å².